The Bertz CT molecular complexity index is 918. The largest absolute Gasteiger partial charge is 0.464 e. The standard InChI is InChI=1S/C32H53N3O8/c36-27(14-13-26-9-4-3-5-10-26)15-16-29-28(30(37)25-31(29)38)11-6-1-2-7-12-32(39)42-24-22-34-20-18-33(19-21-34)17-8-23-43-35(40)41/h1,4,6,9-10,27-31,36-38H,2-3,5,7-8,11-25H2/b6-1-/t27-,28+,29+,30-,31+/m0/s1. The Morgan fingerprint density at radius 2 is 1.77 bits per heavy atom. The number of esters is 1. The highest BCUT2D eigenvalue weighted by molar-refractivity contribution is 5.69. The van der Waals surface area contributed by atoms with Crippen molar-refractivity contribution in [1.82, 2.24) is 9.80 Å². The molecule has 0 unspecified atom stereocenters. The molecule has 0 radical (unpaired) electrons. The zero-order chi connectivity index (χ0) is 30.9. The Kier molecular flexibility index (Phi) is 16.2. The highest BCUT2D eigenvalue weighted by Gasteiger charge is 2.40. The molecular formula is C32H53N3O8. The number of nitrogens with zero attached hydrogens (tertiary/aromatic N) is 3. The van der Waals surface area contributed by atoms with E-state index < -0.39 is 23.4 Å². The summed E-state index contributed by atoms with van der Waals surface area (Å²) < 4.78 is 5.41. The van der Waals surface area contributed by atoms with Crippen molar-refractivity contribution in [2.45, 2.75) is 95.4 Å². The van der Waals surface area contributed by atoms with E-state index in [9.17, 15) is 30.2 Å². The van der Waals surface area contributed by atoms with Crippen molar-refractivity contribution < 1.29 is 34.8 Å². The second-order valence-corrected chi connectivity index (χ2v) is 12.1. The number of allylic oxidation sites excluding steroid dienone is 6. The van der Waals surface area contributed by atoms with E-state index in [-0.39, 0.29) is 24.4 Å². The van der Waals surface area contributed by atoms with Gasteiger partial charge in [0.25, 0.3) is 5.09 Å². The SMILES string of the molecule is O=C(CCC/C=C\C[C@@H]1[C@@H](CC[C@@H](O)CCC2=CCCC=C2)[C@H](O)C[C@@H]1O)OCCN1CCN(CCCO[N+](=O)[O-])CC1. The first kappa shape index (κ1) is 35.2. The van der Waals surface area contributed by atoms with Gasteiger partial charge in [0.15, 0.2) is 0 Å². The Hall–Kier alpha value is -2.31. The highest BCUT2D eigenvalue weighted by Crippen LogP contribution is 2.38. The maximum atomic E-state index is 12.1. The topological polar surface area (TPSA) is 146 Å². The third kappa shape index (κ3) is 13.9. The minimum atomic E-state index is -0.758. The molecule has 0 aromatic heterocycles. The zero-order valence-corrected chi connectivity index (χ0v) is 25.6. The highest BCUT2D eigenvalue weighted by atomic mass is 16.9. The number of carbonyl (C=O) groups excluding carboxylic acids is 1. The van der Waals surface area contributed by atoms with E-state index in [2.05, 4.69) is 38.9 Å². The van der Waals surface area contributed by atoms with Crippen molar-refractivity contribution in [1.29, 1.82) is 0 Å². The van der Waals surface area contributed by atoms with E-state index in [4.69, 9.17) is 4.74 Å². The number of hydrogen-bond acceptors (Lipinski definition) is 10. The summed E-state index contributed by atoms with van der Waals surface area (Å²) in [5.41, 5.74) is 1.29. The van der Waals surface area contributed by atoms with Gasteiger partial charge in [-0.2, -0.15) is 0 Å². The zero-order valence-electron chi connectivity index (χ0n) is 25.6. The number of ether oxygens (including phenoxy) is 1. The first-order valence-electron chi connectivity index (χ1n) is 16.2. The van der Waals surface area contributed by atoms with E-state index in [1.165, 1.54) is 5.57 Å². The number of hydrogen-bond donors (Lipinski definition) is 3. The third-order valence-electron chi connectivity index (χ3n) is 8.97. The van der Waals surface area contributed by atoms with Gasteiger partial charge >= 0.3 is 5.97 Å². The molecule has 0 aromatic carbocycles. The first-order valence-corrected chi connectivity index (χ1v) is 16.2. The van der Waals surface area contributed by atoms with Crippen LogP contribution in [0.2, 0.25) is 0 Å². The quantitative estimate of drug-likeness (QED) is 0.0619. The van der Waals surface area contributed by atoms with Crippen molar-refractivity contribution in [2.24, 2.45) is 11.8 Å². The number of unbranched alkanes of at least 4 members (excludes halogenated alkanes) is 1. The number of aliphatic hydroxyl groups excluding tert-OH is 3. The molecule has 1 heterocycles. The van der Waals surface area contributed by atoms with Crippen LogP contribution >= 0.6 is 0 Å². The molecule has 2 fully saturated rings. The summed E-state index contributed by atoms with van der Waals surface area (Å²) in [6, 6.07) is 0. The molecule has 1 aliphatic heterocycles. The molecule has 0 bridgehead atoms. The van der Waals surface area contributed by atoms with E-state index in [1.54, 1.807) is 0 Å². The predicted octanol–water partition coefficient (Wildman–Crippen LogP) is 3.42. The molecule has 3 aliphatic rings. The van der Waals surface area contributed by atoms with Gasteiger partial charge in [-0.05, 0) is 82.5 Å². The van der Waals surface area contributed by atoms with Crippen LogP contribution in [-0.2, 0) is 14.4 Å². The van der Waals surface area contributed by atoms with Crippen LogP contribution in [0.15, 0.2) is 36.0 Å². The molecule has 0 aromatic rings. The molecule has 244 valence electrons. The Morgan fingerprint density at radius 1 is 1.02 bits per heavy atom. The van der Waals surface area contributed by atoms with Gasteiger partial charge in [0.1, 0.15) is 6.61 Å². The maximum absolute atomic E-state index is 12.1. The Balaban J connectivity index is 1.21. The van der Waals surface area contributed by atoms with Gasteiger partial charge in [-0.3, -0.25) is 9.69 Å². The fourth-order valence-electron chi connectivity index (χ4n) is 6.38. The van der Waals surface area contributed by atoms with Crippen molar-refractivity contribution in [3.8, 4) is 0 Å². The average molecular weight is 608 g/mol. The van der Waals surface area contributed by atoms with Crippen molar-refractivity contribution in [2.75, 3.05) is 52.5 Å². The number of aliphatic hydroxyl groups is 3. The monoisotopic (exact) mass is 607 g/mol. The minimum Gasteiger partial charge on any atom is -0.464 e. The molecular weight excluding hydrogens is 554 g/mol. The number of carbonyl (C=O) groups is 1. The molecule has 1 saturated carbocycles. The molecule has 2 aliphatic carbocycles. The van der Waals surface area contributed by atoms with E-state index in [1.807, 2.05) is 6.08 Å². The van der Waals surface area contributed by atoms with Gasteiger partial charge in [0.05, 0.1) is 24.9 Å². The fraction of sp³-hybridized carbons (Fsp3) is 0.781. The molecule has 43 heavy (non-hydrogen) atoms. The van der Waals surface area contributed by atoms with Crippen molar-refractivity contribution in [3.63, 3.8) is 0 Å². The van der Waals surface area contributed by atoms with Crippen LogP contribution < -0.4 is 0 Å². The van der Waals surface area contributed by atoms with E-state index in [0.29, 0.717) is 58.1 Å². The van der Waals surface area contributed by atoms with Crippen molar-refractivity contribution in [3.05, 3.63) is 46.1 Å². The summed E-state index contributed by atoms with van der Waals surface area (Å²) in [6.45, 7) is 5.49. The summed E-state index contributed by atoms with van der Waals surface area (Å²) in [5, 5.41) is 41.0. The van der Waals surface area contributed by atoms with Gasteiger partial charge in [-0.15, -0.1) is 10.1 Å². The van der Waals surface area contributed by atoms with Crippen molar-refractivity contribution >= 4 is 5.97 Å². The molecule has 0 spiro atoms. The van der Waals surface area contributed by atoms with Gasteiger partial charge in [0, 0.05) is 45.7 Å². The Labute approximate surface area is 256 Å². The number of piperazine rings is 1. The summed E-state index contributed by atoms with van der Waals surface area (Å²) in [7, 11) is 0. The lowest BCUT2D eigenvalue weighted by Gasteiger charge is -2.34. The van der Waals surface area contributed by atoms with E-state index in [0.717, 1.165) is 64.8 Å². The average Bonchev–Trinajstić information content (AvgIpc) is 3.27. The smallest absolute Gasteiger partial charge is 0.305 e. The molecule has 5 atom stereocenters. The van der Waals surface area contributed by atoms with Gasteiger partial charge < -0.3 is 29.8 Å². The first-order chi connectivity index (χ1) is 20.8. The van der Waals surface area contributed by atoms with Crippen LogP contribution in [0.4, 0.5) is 0 Å². The van der Waals surface area contributed by atoms with Crippen LogP contribution in [0.5, 0.6) is 0 Å². The third-order valence-corrected chi connectivity index (χ3v) is 8.97. The molecule has 11 heteroatoms. The fourth-order valence-corrected chi connectivity index (χ4v) is 6.38. The Morgan fingerprint density at radius 3 is 2.49 bits per heavy atom. The van der Waals surface area contributed by atoms with Crippen LogP contribution in [0.1, 0.15) is 77.0 Å². The van der Waals surface area contributed by atoms with Gasteiger partial charge in [-0.25, -0.2) is 0 Å². The van der Waals surface area contributed by atoms with Gasteiger partial charge in [0.2, 0.25) is 0 Å². The van der Waals surface area contributed by atoms with Crippen LogP contribution in [0.25, 0.3) is 0 Å². The van der Waals surface area contributed by atoms with Crippen LogP contribution in [0, 0.1) is 22.0 Å². The van der Waals surface area contributed by atoms with Gasteiger partial charge in [-0.1, -0.05) is 36.0 Å². The molecule has 11 nitrogen and oxygen atoms in total. The molecule has 3 rings (SSSR count). The minimum absolute atomic E-state index is 0.0168. The summed E-state index contributed by atoms with van der Waals surface area (Å²) >= 11 is 0. The molecule has 3 N–H and O–H groups in total. The maximum Gasteiger partial charge on any atom is 0.305 e. The predicted molar refractivity (Wildman–Crippen MR) is 164 cm³/mol. The van der Waals surface area contributed by atoms with Crippen LogP contribution in [0.3, 0.4) is 0 Å². The summed E-state index contributed by atoms with van der Waals surface area (Å²) in [6.07, 6.45) is 17.8. The summed E-state index contributed by atoms with van der Waals surface area (Å²) in [4.78, 5) is 31.2. The lowest BCUT2D eigenvalue weighted by molar-refractivity contribution is -0.757. The second-order valence-electron chi connectivity index (χ2n) is 12.1. The van der Waals surface area contributed by atoms with Crippen LogP contribution in [-0.4, -0.2) is 107 Å². The lowest BCUT2D eigenvalue weighted by Crippen LogP contribution is -2.47. The normalized spacial score (nSPS) is 25.6. The lowest BCUT2D eigenvalue weighted by atomic mass is 9.85. The molecule has 1 saturated heterocycles. The van der Waals surface area contributed by atoms with E-state index >= 15 is 0 Å². The number of rotatable bonds is 20. The molecule has 0 amide bonds. The summed E-state index contributed by atoms with van der Waals surface area (Å²) in [5.74, 6) is -0.227. The second kappa shape index (κ2) is 19.9.